The predicted molar refractivity (Wildman–Crippen MR) is 141 cm³/mol. The number of nitrogens with zero attached hydrogens (tertiary/aromatic N) is 3. The fraction of sp³-hybridized carbons (Fsp3) is 0.200. The van der Waals surface area contributed by atoms with Crippen LogP contribution >= 0.6 is 23.5 Å². The number of thioether (sulfide) groups is 1. The summed E-state index contributed by atoms with van der Waals surface area (Å²) in [7, 11) is -3.83. The summed E-state index contributed by atoms with van der Waals surface area (Å²) in [5.74, 6) is 0.139. The number of fused-ring (bicyclic) bond motifs is 3. The normalized spacial score (nSPS) is 13.0. The lowest BCUT2D eigenvalue weighted by molar-refractivity contribution is -0.115. The van der Waals surface area contributed by atoms with E-state index < -0.39 is 10.0 Å². The van der Waals surface area contributed by atoms with Crippen LogP contribution in [-0.2, 0) is 21.4 Å². The largest absolute Gasteiger partial charge is 0.319 e. The molecule has 0 atom stereocenters. The van der Waals surface area contributed by atoms with Crippen molar-refractivity contribution in [2.24, 2.45) is 5.14 Å². The maximum atomic E-state index is 13.6. The highest BCUT2D eigenvalue weighted by atomic mass is 32.2. The molecule has 1 aliphatic rings. The van der Waals surface area contributed by atoms with E-state index in [0.717, 1.165) is 46.1 Å². The molecular weight excluding hydrogens is 501 g/mol. The zero-order chi connectivity index (χ0) is 24.6. The summed E-state index contributed by atoms with van der Waals surface area (Å²) >= 11 is 3.02. The van der Waals surface area contributed by atoms with Crippen LogP contribution in [0, 0.1) is 0 Å². The molecule has 1 aromatic heterocycles. The molecule has 0 radical (unpaired) electrons. The first kappa shape index (κ1) is 23.9. The molecule has 4 aromatic rings. The molecule has 0 bridgehead atoms. The Morgan fingerprint density at radius 2 is 1.69 bits per heavy atom. The topological polar surface area (TPSA) is 98.3 Å². The van der Waals surface area contributed by atoms with E-state index in [2.05, 4.69) is 16.5 Å². The lowest BCUT2D eigenvalue weighted by Gasteiger charge is -2.31. The predicted octanol–water partition coefficient (Wildman–Crippen LogP) is 5.41. The number of nitrogens with two attached hydrogens (primary N) is 1. The van der Waals surface area contributed by atoms with E-state index >= 15 is 0 Å². The number of aryl methyl sites for hydroxylation is 1. The van der Waals surface area contributed by atoms with Gasteiger partial charge in [0.2, 0.25) is 15.9 Å². The Labute approximate surface area is 212 Å². The SMILES string of the molecule is CCCCn1c(SCC(=O)N2c3ccccc3Sc3ccccc32)nc2cc(S(N)(=O)=O)ccc21. The summed E-state index contributed by atoms with van der Waals surface area (Å²) in [6.07, 6.45) is 1.94. The van der Waals surface area contributed by atoms with Crippen LogP contribution in [0.25, 0.3) is 11.0 Å². The third-order valence-corrected chi connectivity index (χ3v) is 8.76. The molecule has 1 aliphatic heterocycles. The molecule has 0 fully saturated rings. The Bertz CT molecular complexity index is 1490. The number of imidazole rings is 1. The number of para-hydroxylation sites is 2. The van der Waals surface area contributed by atoms with Gasteiger partial charge in [-0.3, -0.25) is 9.69 Å². The molecule has 2 heterocycles. The molecule has 3 aromatic carbocycles. The summed E-state index contributed by atoms with van der Waals surface area (Å²) in [6.45, 7) is 2.84. The van der Waals surface area contributed by atoms with Crippen molar-refractivity contribution in [3.05, 3.63) is 66.7 Å². The first-order valence-corrected chi connectivity index (χ1v) is 14.6. The summed E-state index contributed by atoms with van der Waals surface area (Å²) in [5, 5.41) is 5.99. The van der Waals surface area contributed by atoms with E-state index in [0.29, 0.717) is 10.7 Å². The molecule has 0 saturated carbocycles. The number of amides is 1. The summed E-state index contributed by atoms with van der Waals surface area (Å²) in [5.41, 5.74) is 3.12. The van der Waals surface area contributed by atoms with Crippen molar-refractivity contribution < 1.29 is 13.2 Å². The van der Waals surface area contributed by atoms with Crippen LogP contribution in [0.1, 0.15) is 19.8 Å². The van der Waals surface area contributed by atoms with E-state index in [1.807, 2.05) is 48.5 Å². The summed E-state index contributed by atoms with van der Waals surface area (Å²) in [6, 6.07) is 20.5. The van der Waals surface area contributed by atoms with Crippen molar-refractivity contribution in [2.75, 3.05) is 10.7 Å². The van der Waals surface area contributed by atoms with E-state index in [9.17, 15) is 13.2 Å². The van der Waals surface area contributed by atoms with E-state index in [-0.39, 0.29) is 16.6 Å². The summed E-state index contributed by atoms with van der Waals surface area (Å²) < 4.78 is 25.7. The van der Waals surface area contributed by atoms with Gasteiger partial charge in [0.25, 0.3) is 0 Å². The molecule has 0 unspecified atom stereocenters. The molecule has 35 heavy (non-hydrogen) atoms. The number of carbonyl (C=O) groups is 1. The second-order valence-electron chi connectivity index (χ2n) is 8.15. The molecule has 0 spiro atoms. The number of hydrogen-bond donors (Lipinski definition) is 1. The smallest absolute Gasteiger partial charge is 0.242 e. The summed E-state index contributed by atoms with van der Waals surface area (Å²) in [4.78, 5) is 22.1. The molecule has 7 nitrogen and oxygen atoms in total. The molecule has 0 aliphatic carbocycles. The highest BCUT2D eigenvalue weighted by Gasteiger charge is 2.28. The first-order chi connectivity index (χ1) is 16.9. The molecule has 5 rings (SSSR count). The van der Waals surface area contributed by atoms with Crippen LogP contribution in [0.15, 0.2) is 86.6 Å². The van der Waals surface area contributed by atoms with E-state index in [1.165, 1.54) is 23.9 Å². The van der Waals surface area contributed by atoms with E-state index in [1.54, 1.807) is 22.7 Å². The second kappa shape index (κ2) is 9.69. The van der Waals surface area contributed by atoms with Gasteiger partial charge in [-0.1, -0.05) is 61.1 Å². The molecule has 180 valence electrons. The Morgan fingerprint density at radius 1 is 1.03 bits per heavy atom. The van der Waals surface area contributed by atoms with Gasteiger partial charge in [-0.05, 0) is 48.9 Å². The molecule has 2 N–H and O–H groups in total. The van der Waals surface area contributed by atoms with Crippen LogP contribution in [-0.4, -0.2) is 29.6 Å². The second-order valence-corrected chi connectivity index (χ2v) is 11.7. The Kier molecular flexibility index (Phi) is 6.63. The number of anilines is 2. The lowest BCUT2D eigenvalue weighted by atomic mass is 10.2. The average Bonchev–Trinajstić information content (AvgIpc) is 3.20. The van der Waals surface area contributed by atoms with Crippen molar-refractivity contribution in [3.63, 3.8) is 0 Å². The van der Waals surface area contributed by atoms with Crippen LogP contribution in [0.3, 0.4) is 0 Å². The fourth-order valence-corrected chi connectivity index (χ4v) is 6.55. The van der Waals surface area contributed by atoms with Crippen molar-refractivity contribution in [3.8, 4) is 0 Å². The lowest BCUT2D eigenvalue weighted by Crippen LogP contribution is -2.30. The van der Waals surface area contributed by atoms with Crippen LogP contribution in [0.5, 0.6) is 0 Å². The number of rotatable bonds is 7. The maximum absolute atomic E-state index is 13.6. The molecule has 0 saturated heterocycles. The minimum absolute atomic E-state index is 0.0248. The van der Waals surface area contributed by atoms with Gasteiger partial charge < -0.3 is 4.57 Å². The number of primary sulfonamides is 1. The highest BCUT2D eigenvalue weighted by molar-refractivity contribution is 8.00. The van der Waals surface area contributed by atoms with Gasteiger partial charge in [0, 0.05) is 16.3 Å². The Balaban J connectivity index is 1.47. The fourth-order valence-electron chi connectivity index (χ4n) is 4.07. The van der Waals surface area contributed by atoms with Crippen LogP contribution < -0.4 is 10.0 Å². The highest BCUT2D eigenvalue weighted by Crippen LogP contribution is 2.48. The third kappa shape index (κ3) is 4.71. The van der Waals surface area contributed by atoms with Crippen molar-refractivity contribution >= 4 is 61.9 Å². The molecule has 1 amide bonds. The van der Waals surface area contributed by atoms with Gasteiger partial charge in [-0.25, -0.2) is 18.5 Å². The Morgan fingerprint density at radius 3 is 2.31 bits per heavy atom. The van der Waals surface area contributed by atoms with Gasteiger partial charge in [0.05, 0.1) is 33.1 Å². The van der Waals surface area contributed by atoms with E-state index in [4.69, 9.17) is 5.14 Å². The van der Waals surface area contributed by atoms with Crippen LogP contribution in [0.2, 0.25) is 0 Å². The number of unbranched alkanes of at least 4 members (excludes halogenated alkanes) is 1. The molecule has 10 heteroatoms. The van der Waals surface area contributed by atoms with Gasteiger partial charge in [0.15, 0.2) is 5.16 Å². The van der Waals surface area contributed by atoms with Crippen LogP contribution in [0.4, 0.5) is 11.4 Å². The zero-order valence-electron chi connectivity index (χ0n) is 19.0. The minimum atomic E-state index is -3.83. The van der Waals surface area contributed by atoms with Crippen molar-refractivity contribution in [1.82, 2.24) is 9.55 Å². The number of sulfonamides is 1. The quantitative estimate of drug-likeness (QED) is 0.325. The van der Waals surface area contributed by atoms with Crippen molar-refractivity contribution in [2.45, 2.75) is 46.2 Å². The standard InChI is InChI=1S/C25H24N4O3S3/c1-2-3-14-28-19-13-12-17(35(26,31)32)15-18(19)27-25(28)33-16-24(30)29-20-8-4-6-10-22(20)34-23-11-7-5-9-21(23)29/h4-13,15H,2-3,14,16H2,1H3,(H2,26,31,32). The van der Waals surface area contributed by atoms with Gasteiger partial charge >= 0.3 is 0 Å². The third-order valence-electron chi connectivity index (χ3n) is 5.75. The number of carbonyl (C=O) groups excluding carboxylic acids is 1. The first-order valence-electron chi connectivity index (χ1n) is 11.2. The maximum Gasteiger partial charge on any atom is 0.242 e. The zero-order valence-corrected chi connectivity index (χ0v) is 21.5. The molecular formula is C25H24N4O3S3. The van der Waals surface area contributed by atoms with Crippen molar-refractivity contribution in [1.29, 1.82) is 0 Å². The minimum Gasteiger partial charge on any atom is -0.319 e. The number of hydrogen-bond acceptors (Lipinski definition) is 6. The van der Waals surface area contributed by atoms with Gasteiger partial charge in [-0.2, -0.15) is 0 Å². The average molecular weight is 525 g/mol. The monoisotopic (exact) mass is 524 g/mol. The number of benzene rings is 3. The number of aromatic nitrogens is 2. The van der Waals surface area contributed by atoms with Gasteiger partial charge in [-0.15, -0.1) is 0 Å². The van der Waals surface area contributed by atoms with Gasteiger partial charge in [0.1, 0.15) is 0 Å². The Hall–Kier alpha value is -2.79.